The number of imidazole rings is 1. The molecule has 1 unspecified atom stereocenters. The first-order valence-corrected chi connectivity index (χ1v) is 8.81. The van der Waals surface area contributed by atoms with Crippen LogP contribution in [0.5, 0.6) is 28.7 Å². The largest absolute Gasteiger partial charge is 0.493 e. The van der Waals surface area contributed by atoms with Crippen molar-refractivity contribution in [1.82, 2.24) is 9.97 Å². The molecule has 0 spiro atoms. The Kier molecular flexibility index (Phi) is 6.13. The number of methoxy groups -OCH3 is 5. The van der Waals surface area contributed by atoms with Crippen LogP contribution < -0.4 is 23.7 Å². The van der Waals surface area contributed by atoms with Gasteiger partial charge in [0.15, 0.2) is 23.0 Å². The van der Waals surface area contributed by atoms with E-state index < -0.39 is 6.10 Å². The summed E-state index contributed by atoms with van der Waals surface area (Å²) in [6, 6.07) is 8.86. The summed E-state index contributed by atoms with van der Waals surface area (Å²) in [6.07, 6.45) is 0.616. The van der Waals surface area contributed by atoms with Crippen molar-refractivity contribution in [2.75, 3.05) is 35.5 Å². The zero-order valence-electron chi connectivity index (χ0n) is 17.0. The zero-order valence-corrected chi connectivity index (χ0v) is 17.0. The van der Waals surface area contributed by atoms with Crippen molar-refractivity contribution in [2.24, 2.45) is 0 Å². The third-order valence-corrected chi connectivity index (χ3v) is 4.55. The molecule has 1 aromatic heterocycles. The third-order valence-electron chi connectivity index (χ3n) is 4.55. The number of aromatic nitrogens is 2. The van der Waals surface area contributed by atoms with Crippen LogP contribution in [-0.4, -0.2) is 50.6 Å². The molecule has 0 aliphatic carbocycles. The zero-order chi connectivity index (χ0) is 21.0. The molecule has 8 heteroatoms. The Hall–Kier alpha value is -3.39. The fourth-order valence-electron chi connectivity index (χ4n) is 3.04. The summed E-state index contributed by atoms with van der Waals surface area (Å²) in [5.74, 6) is 3.18. The van der Waals surface area contributed by atoms with Gasteiger partial charge in [-0.3, -0.25) is 0 Å². The van der Waals surface area contributed by atoms with Gasteiger partial charge in [-0.1, -0.05) is 0 Å². The van der Waals surface area contributed by atoms with Crippen molar-refractivity contribution in [2.45, 2.75) is 6.10 Å². The van der Waals surface area contributed by atoms with Crippen molar-refractivity contribution >= 4 is 0 Å². The number of H-pyrrole nitrogens is 1. The van der Waals surface area contributed by atoms with Crippen LogP contribution in [0.2, 0.25) is 0 Å². The molecular weight excluding hydrogens is 376 g/mol. The summed E-state index contributed by atoms with van der Waals surface area (Å²) in [4.78, 5) is 7.53. The summed E-state index contributed by atoms with van der Waals surface area (Å²) in [5, 5.41) is 10.9. The summed E-state index contributed by atoms with van der Waals surface area (Å²) in [7, 11) is 7.73. The fraction of sp³-hybridized carbons (Fsp3) is 0.286. The fourth-order valence-corrected chi connectivity index (χ4v) is 3.04. The normalized spacial score (nSPS) is 11.7. The highest BCUT2D eigenvalue weighted by atomic mass is 16.5. The lowest BCUT2D eigenvalue weighted by Gasteiger charge is -2.16. The molecule has 0 saturated carbocycles. The van der Waals surface area contributed by atoms with Gasteiger partial charge in [-0.25, -0.2) is 4.98 Å². The van der Waals surface area contributed by atoms with E-state index in [0.29, 0.717) is 45.8 Å². The molecule has 0 aliphatic heterocycles. The predicted octanol–water partition coefficient (Wildman–Crippen LogP) is 3.20. The number of aromatic amines is 1. The minimum Gasteiger partial charge on any atom is -0.493 e. The summed E-state index contributed by atoms with van der Waals surface area (Å²) >= 11 is 0. The van der Waals surface area contributed by atoms with Gasteiger partial charge in [0, 0.05) is 5.56 Å². The Morgan fingerprint density at radius 3 is 1.97 bits per heavy atom. The monoisotopic (exact) mass is 400 g/mol. The second-order valence-corrected chi connectivity index (χ2v) is 6.12. The molecule has 3 rings (SSSR count). The van der Waals surface area contributed by atoms with Crippen molar-refractivity contribution in [3.8, 4) is 40.1 Å². The Labute approximate surface area is 169 Å². The van der Waals surface area contributed by atoms with Crippen LogP contribution in [0.3, 0.4) is 0 Å². The van der Waals surface area contributed by atoms with Gasteiger partial charge >= 0.3 is 0 Å². The van der Waals surface area contributed by atoms with Gasteiger partial charge in [-0.05, 0) is 35.9 Å². The maximum absolute atomic E-state index is 10.9. The first-order valence-electron chi connectivity index (χ1n) is 8.81. The van der Waals surface area contributed by atoms with Crippen LogP contribution in [-0.2, 0) is 0 Å². The minimum atomic E-state index is -0.967. The number of benzene rings is 2. The van der Waals surface area contributed by atoms with Crippen LogP contribution in [0.25, 0.3) is 11.4 Å². The van der Waals surface area contributed by atoms with E-state index >= 15 is 0 Å². The van der Waals surface area contributed by atoms with Crippen LogP contribution in [0.1, 0.15) is 17.4 Å². The number of aliphatic hydroxyl groups is 1. The predicted molar refractivity (Wildman–Crippen MR) is 107 cm³/mol. The van der Waals surface area contributed by atoms with Gasteiger partial charge in [0.1, 0.15) is 11.9 Å². The average molecular weight is 400 g/mol. The number of hydrogen-bond donors (Lipinski definition) is 2. The highest BCUT2D eigenvalue weighted by Gasteiger charge is 2.20. The minimum absolute atomic E-state index is 0.459. The lowest BCUT2D eigenvalue weighted by Crippen LogP contribution is -2.03. The van der Waals surface area contributed by atoms with E-state index in [1.54, 1.807) is 38.6 Å². The number of hydrogen-bond acceptors (Lipinski definition) is 7. The second-order valence-electron chi connectivity index (χ2n) is 6.12. The molecule has 3 aromatic rings. The standard InChI is InChI=1S/C21H24N2O6/c1-25-15-7-6-12(8-16(15)26-2)21-22-11-14(23-21)19(24)13-9-17(27-3)20(29-5)18(10-13)28-4/h6-11,19,24H,1-5H3,(H,22,23). The first kappa shape index (κ1) is 20.3. The molecule has 1 heterocycles. The van der Waals surface area contributed by atoms with Gasteiger partial charge in [0.05, 0.1) is 47.4 Å². The van der Waals surface area contributed by atoms with Gasteiger partial charge in [-0.15, -0.1) is 0 Å². The van der Waals surface area contributed by atoms with Crippen molar-refractivity contribution < 1.29 is 28.8 Å². The lowest BCUT2D eigenvalue weighted by atomic mass is 10.1. The van der Waals surface area contributed by atoms with Crippen LogP contribution in [0.4, 0.5) is 0 Å². The number of aliphatic hydroxyl groups excluding tert-OH is 1. The van der Waals surface area contributed by atoms with E-state index in [1.165, 1.54) is 21.3 Å². The van der Waals surface area contributed by atoms with E-state index in [2.05, 4.69) is 9.97 Å². The number of ether oxygens (including phenoxy) is 5. The quantitative estimate of drug-likeness (QED) is 0.599. The number of rotatable bonds is 8. The second kappa shape index (κ2) is 8.74. The van der Waals surface area contributed by atoms with Crippen LogP contribution in [0, 0.1) is 0 Å². The smallest absolute Gasteiger partial charge is 0.203 e. The molecule has 0 aliphatic rings. The molecule has 0 saturated heterocycles. The number of nitrogens with one attached hydrogen (secondary N) is 1. The van der Waals surface area contributed by atoms with Crippen molar-refractivity contribution in [3.63, 3.8) is 0 Å². The van der Waals surface area contributed by atoms with Crippen LogP contribution >= 0.6 is 0 Å². The van der Waals surface area contributed by atoms with Crippen molar-refractivity contribution in [1.29, 1.82) is 0 Å². The van der Waals surface area contributed by atoms with E-state index in [1.807, 2.05) is 12.1 Å². The van der Waals surface area contributed by atoms with Crippen LogP contribution in [0.15, 0.2) is 36.5 Å². The van der Waals surface area contributed by atoms with E-state index in [-0.39, 0.29) is 0 Å². The topological polar surface area (TPSA) is 95.1 Å². The molecule has 8 nitrogen and oxygen atoms in total. The van der Waals surface area contributed by atoms with E-state index in [9.17, 15) is 5.11 Å². The maximum Gasteiger partial charge on any atom is 0.203 e. The van der Waals surface area contributed by atoms with Gasteiger partial charge < -0.3 is 33.8 Å². The Balaban J connectivity index is 1.95. The lowest BCUT2D eigenvalue weighted by molar-refractivity contribution is 0.214. The Morgan fingerprint density at radius 2 is 1.41 bits per heavy atom. The summed E-state index contributed by atoms with van der Waals surface area (Å²) in [6.45, 7) is 0. The molecule has 154 valence electrons. The van der Waals surface area contributed by atoms with E-state index in [4.69, 9.17) is 23.7 Å². The molecule has 2 N–H and O–H groups in total. The molecule has 2 aromatic carbocycles. The molecule has 0 fully saturated rings. The first-order chi connectivity index (χ1) is 14.1. The van der Waals surface area contributed by atoms with Gasteiger partial charge in [0.25, 0.3) is 0 Å². The van der Waals surface area contributed by atoms with Gasteiger partial charge in [-0.2, -0.15) is 0 Å². The average Bonchev–Trinajstić information content (AvgIpc) is 3.27. The molecule has 0 amide bonds. The molecule has 0 bridgehead atoms. The third kappa shape index (κ3) is 3.93. The van der Waals surface area contributed by atoms with Crippen molar-refractivity contribution in [3.05, 3.63) is 47.8 Å². The molecule has 0 radical (unpaired) electrons. The van der Waals surface area contributed by atoms with E-state index in [0.717, 1.165) is 5.56 Å². The Morgan fingerprint density at radius 1 is 0.793 bits per heavy atom. The summed E-state index contributed by atoms with van der Waals surface area (Å²) < 4.78 is 26.6. The number of nitrogens with zero attached hydrogens (tertiary/aromatic N) is 1. The molecular formula is C21H24N2O6. The Bertz CT molecular complexity index is 960. The maximum atomic E-state index is 10.9. The molecule has 1 atom stereocenters. The van der Waals surface area contributed by atoms with Gasteiger partial charge in [0.2, 0.25) is 5.75 Å². The SMILES string of the molecule is COc1ccc(-c2ncc(C(O)c3cc(OC)c(OC)c(OC)c3)[nH]2)cc1OC. The molecule has 29 heavy (non-hydrogen) atoms. The summed E-state index contributed by atoms with van der Waals surface area (Å²) in [5.41, 5.74) is 1.89. The highest BCUT2D eigenvalue weighted by molar-refractivity contribution is 5.62. The highest BCUT2D eigenvalue weighted by Crippen LogP contribution is 2.40.